The smallest absolute Gasteiger partial charge is 0.193 e. The summed E-state index contributed by atoms with van der Waals surface area (Å²) in [4.78, 5) is 26.0. The molecule has 4 fully saturated rings. The van der Waals surface area contributed by atoms with E-state index < -0.39 is 76.8 Å². The van der Waals surface area contributed by atoms with Crippen molar-refractivity contribution in [1.82, 2.24) is 0 Å². The molecule has 0 amide bonds. The molecule has 1 heterocycles. The van der Waals surface area contributed by atoms with Gasteiger partial charge in [0.15, 0.2) is 29.1 Å². The lowest BCUT2D eigenvalue weighted by Gasteiger charge is -2.63. The number of aliphatic hydroxyl groups excluding tert-OH is 2. The highest BCUT2D eigenvalue weighted by molar-refractivity contribution is 6.01. The van der Waals surface area contributed by atoms with Gasteiger partial charge < -0.3 is 25.0 Å². The molecule has 0 bridgehead atoms. The summed E-state index contributed by atoms with van der Waals surface area (Å²) in [5, 5.41) is 25.4. The van der Waals surface area contributed by atoms with Crippen molar-refractivity contribution in [2.24, 2.45) is 22.7 Å². The Kier molecular flexibility index (Phi) is 8.87. The molecule has 2 aromatic carbocycles. The number of carbonyl (C=O) groups is 2. The normalized spacial score (nSPS) is 39.6. The average Bonchev–Trinajstić information content (AvgIpc) is 3.56. The summed E-state index contributed by atoms with van der Waals surface area (Å²) in [5.41, 5.74) is -2.63. The number of hydrogen-bond acceptors (Lipinski definition) is 7. The standard InChI is InChI=1S/C39H45F2NO6.CH4/c1-21(2)42-26-8-6-7-25(15-26)22(3)23-9-11-24(12-10-23)35-47-34-18-28-29-17-31(40)30-16-27(44)13-14-36(30,4)38(29,41)32(45)19-37(28,5)39(34,48-35)33(46)20-43;/h6-16,21-22,28-29,31-32,34-35,42-43,45H,17-20H2,1-5H3;1H4/t22-,28+,29+,31+,32+,34-,35-,36+,37+,38+,39-;/m1./s1. The zero-order valence-corrected chi connectivity index (χ0v) is 28.1. The first-order valence-corrected chi connectivity index (χ1v) is 17.1. The molecule has 2 aromatic rings. The minimum absolute atomic E-state index is 0. The summed E-state index contributed by atoms with van der Waals surface area (Å²) in [7, 11) is 0. The monoisotopic (exact) mass is 677 g/mol. The molecular formula is C40H49F2NO6. The number of ether oxygens (including phenoxy) is 2. The fourth-order valence-corrected chi connectivity index (χ4v) is 10.1. The van der Waals surface area contributed by atoms with E-state index in [-0.39, 0.29) is 38.2 Å². The van der Waals surface area contributed by atoms with Crippen molar-refractivity contribution in [2.45, 2.75) is 109 Å². The molecule has 7 nitrogen and oxygen atoms in total. The van der Waals surface area contributed by atoms with E-state index in [1.54, 1.807) is 13.8 Å². The van der Waals surface area contributed by atoms with Gasteiger partial charge in [-0.1, -0.05) is 63.7 Å². The topological polar surface area (TPSA) is 105 Å². The Morgan fingerprint density at radius 1 is 1.06 bits per heavy atom. The highest BCUT2D eigenvalue weighted by Gasteiger charge is 2.80. The van der Waals surface area contributed by atoms with E-state index >= 15 is 8.78 Å². The second-order valence-corrected chi connectivity index (χ2v) is 15.3. The minimum Gasteiger partial charge on any atom is -0.390 e. The zero-order chi connectivity index (χ0) is 34.4. The Balaban J connectivity index is 0.00000417. The molecule has 11 atom stereocenters. The van der Waals surface area contributed by atoms with Crippen molar-refractivity contribution in [3.05, 3.63) is 89.0 Å². The Hall–Kier alpha value is -3.24. The number of Topliss-reactive ketones (excluding diaryl/α,β-unsaturated/α-hetero) is 1. The molecule has 1 aliphatic heterocycles. The highest BCUT2D eigenvalue weighted by Crippen LogP contribution is 2.72. The molecule has 9 heteroatoms. The van der Waals surface area contributed by atoms with E-state index in [1.807, 2.05) is 36.4 Å². The zero-order valence-electron chi connectivity index (χ0n) is 28.1. The summed E-state index contributed by atoms with van der Waals surface area (Å²) in [5.74, 6) is -2.49. The number of hydrogen-bond donors (Lipinski definition) is 3. The van der Waals surface area contributed by atoms with Gasteiger partial charge in [0.1, 0.15) is 12.8 Å². The lowest BCUT2D eigenvalue weighted by molar-refractivity contribution is -0.235. The Bertz CT molecular complexity index is 1690. The van der Waals surface area contributed by atoms with Crippen molar-refractivity contribution in [3.8, 4) is 0 Å². The van der Waals surface area contributed by atoms with Crippen LogP contribution >= 0.6 is 0 Å². The number of halogens is 2. The van der Waals surface area contributed by atoms with Gasteiger partial charge in [-0.3, -0.25) is 9.59 Å². The first-order chi connectivity index (χ1) is 22.7. The molecule has 3 saturated carbocycles. The molecule has 264 valence electrons. The number of anilines is 1. The molecule has 7 rings (SSSR count). The fourth-order valence-electron chi connectivity index (χ4n) is 10.1. The lowest BCUT2D eigenvalue weighted by atomic mass is 9.44. The molecular weight excluding hydrogens is 628 g/mol. The molecule has 49 heavy (non-hydrogen) atoms. The quantitative estimate of drug-likeness (QED) is 0.292. The van der Waals surface area contributed by atoms with Crippen molar-refractivity contribution in [3.63, 3.8) is 0 Å². The second-order valence-electron chi connectivity index (χ2n) is 15.3. The third-order valence-electron chi connectivity index (χ3n) is 12.5. The van der Waals surface area contributed by atoms with Gasteiger partial charge in [0.05, 0.1) is 12.2 Å². The number of nitrogens with one attached hydrogen (secondary N) is 1. The highest BCUT2D eigenvalue weighted by atomic mass is 19.1. The fraction of sp³-hybridized carbons (Fsp3) is 0.550. The van der Waals surface area contributed by atoms with Crippen LogP contribution in [0.1, 0.15) is 90.2 Å². The van der Waals surface area contributed by atoms with Crippen molar-refractivity contribution in [1.29, 1.82) is 0 Å². The maximum atomic E-state index is 17.6. The maximum Gasteiger partial charge on any atom is 0.193 e. The first-order valence-electron chi connectivity index (χ1n) is 17.1. The molecule has 0 unspecified atom stereocenters. The van der Waals surface area contributed by atoms with Gasteiger partial charge in [-0.25, -0.2) is 8.78 Å². The number of carbonyl (C=O) groups excluding carboxylic acids is 2. The molecule has 0 spiro atoms. The van der Waals surface area contributed by atoms with E-state index in [2.05, 4.69) is 38.2 Å². The summed E-state index contributed by atoms with van der Waals surface area (Å²) >= 11 is 0. The van der Waals surface area contributed by atoms with Crippen LogP contribution in [0.3, 0.4) is 0 Å². The third kappa shape index (κ3) is 4.94. The molecule has 1 saturated heterocycles. The third-order valence-corrected chi connectivity index (χ3v) is 12.5. The second kappa shape index (κ2) is 12.2. The van der Waals surface area contributed by atoms with Gasteiger partial charge in [0.2, 0.25) is 0 Å². The predicted octanol–water partition coefficient (Wildman–Crippen LogP) is 6.94. The van der Waals surface area contributed by atoms with Crippen LogP contribution in [0, 0.1) is 22.7 Å². The van der Waals surface area contributed by atoms with Crippen molar-refractivity contribution >= 4 is 17.3 Å². The number of rotatable bonds is 7. The molecule has 0 aromatic heterocycles. The van der Waals surface area contributed by atoms with Crippen LogP contribution in [0.2, 0.25) is 0 Å². The number of aliphatic hydroxyl groups is 2. The summed E-state index contributed by atoms with van der Waals surface area (Å²) in [6.45, 7) is 8.84. The summed E-state index contributed by atoms with van der Waals surface area (Å²) in [6.07, 6.45) is -1.37. The van der Waals surface area contributed by atoms with Crippen LogP contribution in [-0.2, 0) is 19.1 Å². The largest absolute Gasteiger partial charge is 0.390 e. The van der Waals surface area contributed by atoms with Crippen LogP contribution in [0.5, 0.6) is 0 Å². The van der Waals surface area contributed by atoms with Gasteiger partial charge in [0.25, 0.3) is 0 Å². The summed E-state index contributed by atoms with van der Waals surface area (Å²) in [6, 6.07) is 16.5. The van der Waals surface area contributed by atoms with Crippen LogP contribution < -0.4 is 5.32 Å². The first kappa shape index (κ1) is 35.6. The number of ketones is 2. The minimum atomic E-state index is -2.29. The van der Waals surface area contributed by atoms with E-state index in [9.17, 15) is 19.8 Å². The predicted molar refractivity (Wildman–Crippen MR) is 183 cm³/mol. The molecule has 0 radical (unpaired) electrons. The van der Waals surface area contributed by atoms with E-state index in [0.29, 0.717) is 11.6 Å². The Morgan fingerprint density at radius 2 is 1.78 bits per heavy atom. The lowest BCUT2D eigenvalue weighted by Crippen LogP contribution is -2.70. The van der Waals surface area contributed by atoms with Crippen LogP contribution in [0.15, 0.2) is 72.3 Å². The van der Waals surface area contributed by atoms with E-state index in [4.69, 9.17) is 9.47 Å². The van der Waals surface area contributed by atoms with E-state index in [0.717, 1.165) is 22.9 Å². The summed E-state index contributed by atoms with van der Waals surface area (Å²) < 4.78 is 46.6. The average molecular weight is 678 g/mol. The number of allylic oxidation sites excluding steroid dienone is 4. The van der Waals surface area contributed by atoms with Gasteiger partial charge >= 0.3 is 0 Å². The van der Waals surface area contributed by atoms with Gasteiger partial charge in [0, 0.05) is 40.0 Å². The Morgan fingerprint density at radius 3 is 2.45 bits per heavy atom. The number of fused-ring (bicyclic) bond motifs is 7. The molecule has 4 aliphatic carbocycles. The van der Waals surface area contributed by atoms with Crippen molar-refractivity contribution < 1.29 is 38.1 Å². The van der Waals surface area contributed by atoms with Crippen molar-refractivity contribution in [2.75, 3.05) is 11.9 Å². The van der Waals surface area contributed by atoms with Gasteiger partial charge in [-0.2, -0.15) is 0 Å². The SMILES string of the molecule is C.CC(C)Nc1cccc([C@H](C)c2ccc([C@@H]3O[C@@H]4C[C@H]5[C@@H]6C[C@H](F)C7=CC(=O)C=C[C@]7(C)[C@@]6(F)[C@@H](O)C[C@]5(C)[C@]4(C(=O)CO)O3)cc2)c1. The number of benzene rings is 2. The molecule has 3 N–H and O–H groups in total. The van der Waals surface area contributed by atoms with Crippen LogP contribution in [0.4, 0.5) is 14.5 Å². The van der Waals surface area contributed by atoms with Gasteiger partial charge in [-0.05, 0) is 86.9 Å². The van der Waals surface area contributed by atoms with Crippen LogP contribution in [-0.4, -0.2) is 64.1 Å². The van der Waals surface area contributed by atoms with E-state index in [1.165, 1.54) is 12.2 Å². The molecule has 5 aliphatic rings. The Labute approximate surface area is 287 Å². The maximum absolute atomic E-state index is 17.6. The van der Waals surface area contributed by atoms with Gasteiger partial charge in [-0.15, -0.1) is 0 Å². The van der Waals surface area contributed by atoms with Crippen LogP contribution in [0.25, 0.3) is 0 Å². The number of alkyl halides is 2.